The van der Waals surface area contributed by atoms with Gasteiger partial charge in [-0.2, -0.15) is 0 Å². The maximum atomic E-state index is 10.9. The zero-order valence-corrected chi connectivity index (χ0v) is 6.60. The molecule has 0 atom stereocenters. The van der Waals surface area contributed by atoms with E-state index < -0.39 is 0 Å². The smallest absolute Gasteiger partial charge is 0.222 e. The van der Waals surface area contributed by atoms with Crippen molar-refractivity contribution in [2.75, 3.05) is 13.1 Å². The van der Waals surface area contributed by atoms with Crippen LogP contribution in [0.25, 0.3) is 0 Å². The van der Waals surface area contributed by atoms with Crippen molar-refractivity contribution < 1.29 is 4.79 Å². The molecular formula is C7H16N2O. The van der Waals surface area contributed by atoms with Crippen molar-refractivity contribution in [2.45, 2.75) is 26.2 Å². The van der Waals surface area contributed by atoms with Crippen LogP contribution in [0.5, 0.6) is 0 Å². The van der Waals surface area contributed by atoms with Crippen LogP contribution >= 0.6 is 0 Å². The van der Waals surface area contributed by atoms with Gasteiger partial charge in [0.2, 0.25) is 5.91 Å². The van der Waals surface area contributed by atoms with Crippen LogP contribution in [-0.4, -0.2) is 23.9 Å². The van der Waals surface area contributed by atoms with Crippen LogP contribution in [0.15, 0.2) is 0 Å². The Bertz CT molecular complexity index is 108. The minimum absolute atomic E-state index is 0. The summed E-state index contributed by atoms with van der Waals surface area (Å²) in [5.41, 5.74) is 0. The van der Waals surface area contributed by atoms with Gasteiger partial charge in [0.1, 0.15) is 0 Å². The Morgan fingerprint density at radius 2 is 1.90 bits per heavy atom. The van der Waals surface area contributed by atoms with E-state index in [4.69, 9.17) is 0 Å². The van der Waals surface area contributed by atoms with Crippen LogP contribution in [0, 0.1) is 0 Å². The third-order valence-electron chi connectivity index (χ3n) is 1.76. The van der Waals surface area contributed by atoms with Crippen LogP contribution in [0.2, 0.25) is 0 Å². The lowest BCUT2D eigenvalue weighted by Gasteiger charge is -2.12. The Kier molecular flexibility index (Phi) is 4.03. The highest BCUT2D eigenvalue weighted by molar-refractivity contribution is 5.75. The van der Waals surface area contributed by atoms with Crippen LogP contribution in [0.1, 0.15) is 26.2 Å². The molecule has 3 nitrogen and oxygen atoms in total. The highest BCUT2D eigenvalue weighted by atomic mass is 16.2. The van der Waals surface area contributed by atoms with E-state index in [1.54, 1.807) is 0 Å². The predicted octanol–water partition coefficient (Wildman–Crippen LogP) is 1.18. The topological polar surface area (TPSA) is 55.3 Å². The van der Waals surface area contributed by atoms with Crippen LogP contribution in [0.3, 0.4) is 0 Å². The number of amides is 1. The summed E-state index contributed by atoms with van der Waals surface area (Å²) < 4.78 is 0. The molecule has 0 aromatic carbocycles. The molecule has 0 aliphatic carbocycles. The maximum absolute atomic E-state index is 10.9. The summed E-state index contributed by atoms with van der Waals surface area (Å²) in [6.07, 6.45) is 3.07. The van der Waals surface area contributed by atoms with Gasteiger partial charge in [-0.1, -0.05) is 6.92 Å². The summed E-state index contributed by atoms with van der Waals surface area (Å²) in [5.74, 6) is 0.313. The summed E-state index contributed by atoms with van der Waals surface area (Å²) in [5, 5.41) is 0. The van der Waals surface area contributed by atoms with E-state index in [1.807, 2.05) is 11.8 Å². The van der Waals surface area contributed by atoms with E-state index in [-0.39, 0.29) is 6.15 Å². The minimum Gasteiger partial charge on any atom is -0.344 e. The van der Waals surface area contributed by atoms with Gasteiger partial charge in [-0.05, 0) is 12.8 Å². The van der Waals surface area contributed by atoms with Crippen molar-refractivity contribution in [1.29, 1.82) is 0 Å². The number of carbonyl (C=O) groups excluding carboxylic acids is 1. The van der Waals surface area contributed by atoms with Gasteiger partial charge in [-0.3, -0.25) is 4.79 Å². The lowest BCUT2D eigenvalue weighted by Crippen LogP contribution is -2.26. The predicted molar refractivity (Wildman–Crippen MR) is 41.1 cm³/mol. The van der Waals surface area contributed by atoms with E-state index in [1.165, 1.54) is 12.8 Å². The summed E-state index contributed by atoms with van der Waals surface area (Å²) in [6, 6.07) is 0. The molecule has 3 heteroatoms. The zero-order valence-electron chi connectivity index (χ0n) is 6.60. The molecule has 10 heavy (non-hydrogen) atoms. The quantitative estimate of drug-likeness (QED) is 0.600. The summed E-state index contributed by atoms with van der Waals surface area (Å²) in [4.78, 5) is 12.9. The van der Waals surface area contributed by atoms with E-state index in [0.29, 0.717) is 12.3 Å². The molecule has 1 amide bonds. The van der Waals surface area contributed by atoms with Gasteiger partial charge in [0, 0.05) is 19.5 Å². The first-order valence-corrected chi connectivity index (χ1v) is 3.62. The second-order valence-corrected chi connectivity index (χ2v) is 2.44. The monoisotopic (exact) mass is 144 g/mol. The van der Waals surface area contributed by atoms with E-state index in [2.05, 4.69) is 0 Å². The molecule has 60 valence electrons. The number of likely N-dealkylation sites (tertiary alicyclic amines) is 1. The van der Waals surface area contributed by atoms with E-state index in [0.717, 1.165) is 13.1 Å². The molecule has 3 N–H and O–H groups in total. The molecule has 0 unspecified atom stereocenters. The molecule has 0 spiro atoms. The largest absolute Gasteiger partial charge is 0.344 e. The SMILES string of the molecule is CCC(=O)N1CCCC1.N. The Morgan fingerprint density at radius 3 is 2.30 bits per heavy atom. The Morgan fingerprint density at radius 1 is 1.40 bits per heavy atom. The van der Waals surface area contributed by atoms with Crippen molar-refractivity contribution in [3.63, 3.8) is 0 Å². The zero-order chi connectivity index (χ0) is 6.69. The molecule has 1 saturated heterocycles. The molecule has 0 radical (unpaired) electrons. The average molecular weight is 144 g/mol. The third kappa shape index (κ3) is 1.99. The van der Waals surface area contributed by atoms with Crippen LogP contribution in [-0.2, 0) is 4.79 Å². The number of hydrogen-bond donors (Lipinski definition) is 1. The normalized spacial score (nSPS) is 16.7. The van der Waals surface area contributed by atoms with Crippen molar-refractivity contribution in [3.05, 3.63) is 0 Å². The van der Waals surface area contributed by atoms with Crippen molar-refractivity contribution in [1.82, 2.24) is 11.1 Å². The van der Waals surface area contributed by atoms with Gasteiger partial charge in [-0.25, -0.2) is 0 Å². The fourth-order valence-electron chi connectivity index (χ4n) is 1.19. The van der Waals surface area contributed by atoms with E-state index in [9.17, 15) is 4.79 Å². The van der Waals surface area contributed by atoms with Gasteiger partial charge >= 0.3 is 0 Å². The van der Waals surface area contributed by atoms with Gasteiger partial charge in [0.15, 0.2) is 0 Å². The molecule has 1 rings (SSSR count). The highest BCUT2D eigenvalue weighted by Gasteiger charge is 2.14. The standard InChI is InChI=1S/C7H13NO.H3N/c1-2-7(9)8-5-3-4-6-8;/h2-6H2,1H3;1H3. The van der Waals surface area contributed by atoms with E-state index >= 15 is 0 Å². The molecule has 0 aromatic rings. The molecule has 1 fully saturated rings. The van der Waals surface area contributed by atoms with Gasteiger partial charge in [0.05, 0.1) is 0 Å². The van der Waals surface area contributed by atoms with Crippen molar-refractivity contribution in [3.8, 4) is 0 Å². The van der Waals surface area contributed by atoms with Crippen molar-refractivity contribution >= 4 is 5.91 Å². The Hall–Kier alpha value is -0.570. The first kappa shape index (κ1) is 9.43. The second kappa shape index (κ2) is 4.28. The summed E-state index contributed by atoms with van der Waals surface area (Å²) in [7, 11) is 0. The molecule has 0 bridgehead atoms. The minimum atomic E-state index is 0. The lowest BCUT2D eigenvalue weighted by atomic mass is 10.4. The third-order valence-corrected chi connectivity index (χ3v) is 1.76. The molecule has 0 saturated carbocycles. The first-order valence-electron chi connectivity index (χ1n) is 3.62. The average Bonchev–Trinajstić information content (AvgIpc) is 2.37. The van der Waals surface area contributed by atoms with Gasteiger partial charge in [0.25, 0.3) is 0 Å². The fourth-order valence-corrected chi connectivity index (χ4v) is 1.19. The molecule has 1 aliphatic rings. The number of hydrogen-bond acceptors (Lipinski definition) is 2. The molecular weight excluding hydrogens is 128 g/mol. The van der Waals surface area contributed by atoms with Crippen molar-refractivity contribution in [2.24, 2.45) is 0 Å². The maximum Gasteiger partial charge on any atom is 0.222 e. The lowest BCUT2D eigenvalue weighted by molar-refractivity contribution is -0.129. The second-order valence-electron chi connectivity index (χ2n) is 2.44. The number of carbonyl (C=O) groups is 1. The van der Waals surface area contributed by atoms with Crippen LogP contribution in [0.4, 0.5) is 0 Å². The summed E-state index contributed by atoms with van der Waals surface area (Å²) in [6.45, 7) is 3.90. The fraction of sp³-hybridized carbons (Fsp3) is 0.857. The van der Waals surface area contributed by atoms with Gasteiger partial charge < -0.3 is 11.1 Å². The Labute approximate surface area is 62.0 Å². The number of nitrogens with zero attached hydrogens (tertiary/aromatic N) is 1. The van der Waals surface area contributed by atoms with Crippen LogP contribution < -0.4 is 6.15 Å². The summed E-state index contributed by atoms with van der Waals surface area (Å²) >= 11 is 0. The van der Waals surface area contributed by atoms with Gasteiger partial charge in [-0.15, -0.1) is 0 Å². The number of rotatable bonds is 1. The molecule has 0 aromatic heterocycles. The molecule has 1 heterocycles. The Balaban J connectivity index is 0.000000810. The molecule has 1 aliphatic heterocycles. The first-order chi connectivity index (χ1) is 4.34. The highest BCUT2D eigenvalue weighted by Crippen LogP contribution is 2.07.